The van der Waals surface area contributed by atoms with Crippen molar-refractivity contribution >= 4 is 15.9 Å². The molecule has 1 aromatic rings. The van der Waals surface area contributed by atoms with E-state index < -0.39 is 5.67 Å². The fourth-order valence-electron chi connectivity index (χ4n) is 1.89. The third-order valence-corrected chi connectivity index (χ3v) is 3.36. The molecule has 0 amide bonds. The van der Waals surface area contributed by atoms with E-state index in [0.717, 1.165) is 0 Å². The Balaban J connectivity index is 2.41. The topological polar surface area (TPSA) is 30.5 Å². The van der Waals surface area contributed by atoms with Gasteiger partial charge >= 0.3 is 0 Å². The van der Waals surface area contributed by atoms with Crippen LogP contribution in [0.3, 0.4) is 0 Å². The van der Waals surface area contributed by atoms with Gasteiger partial charge < -0.3 is 14.8 Å². The minimum absolute atomic E-state index is 0.241. The molecule has 0 aliphatic carbocycles. The van der Waals surface area contributed by atoms with Gasteiger partial charge in [-0.05, 0) is 26.1 Å². The molecule has 3 nitrogen and oxygen atoms in total. The molecular weight excluding hydrogens is 289 g/mol. The number of halogens is 2. The van der Waals surface area contributed by atoms with Crippen LogP contribution in [0.15, 0.2) is 16.6 Å². The number of nitrogens with one attached hydrogen (secondary N) is 1. The molecule has 0 fully saturated rings. The molecule has 94 valence electrons. The number of rotatable bonds is 3. The van der Waals surface area contributed by atoms with Gasteiger partial charge in [0.15, 0.2) is 11.5 Å². The molecule has 1 aromatic carbocycles. The van der Waals surface area contributed by atoms with E-state index >= 15 is 0 Å². The number of benzene rings is 1. The second-order valence-corrected chi connectivity index (χ2v) is 5.06. The molecule has 2 rings (SSSR count). The molecule has 0 saturated carbocycles. The summed E-state index contributed by atoms with van der Waals surface area (Å²) in [6.45, 7) is 2.82. The molecular formula is C12H15BrFNO2. The van der Waals surface area contributed by atoms with Crippen molar-refractivity contribution in [2.24, 2.45) is 0 Å². The number of fused-ring (bicyclic) bond motifs is 1. The molecule has 1 atom stereocenters. The summed E-state index contributed by atoms with van der Waals surface area (Å²) >= 11 is 3.38. The largest absolute Gasteiger partial charge is 0.486 e. The molecule has 1 N–H and O–H groups in total. The first-order valence-corrected chi connectivity index (χ1v) is 6.27. The van der Waals surface area contributed by atoms with Crippen molar-refractivity contribution in [1.29, 1.82) is 0 Å². The van der Waals surface area contributed by atoms with Gasteiger partial charge in [0.25, 0.3) is 0 Å². The van der Waals surface area contributed by atoms with Crippen molar-refractivity contribution in [3.05, 3.63) is 22.2 Å². The van der Waals surface area contributed by atoms with E-state index in [1.54, 1.807) is 26.1 Å². The Bertz CT molecular complexity index is 423. The van der Waals surface area contributed by atoms with Crippen molar-refractivity contribution in [2.45, 2.75) is 12.6 Å². The SMILES string of the molecule is CNCC(C)(F)c1cc2c(cc1Br)OCCO2. The van der Waals surface area contributed by atoms with Gasteiger partial charge in [-0.25, -0.2) is 4.39 Å². The lowest BCUT2D eigenvalue weighted by atomic mass is 9.97. The molecule has 1 aliphatic rings. The molecule has 1 aliphatic heterocycles. The summed E-state index contributed by atoms with van der Waals surface area (Å²) in [7, 11) is 1.73. The zero-order valence-electron chi connectivity index (χ0n) is 9.85. The predicted octanol–water partition coefficient (Wildman–Crippen LogP) is 2.62. The monoisotopic (exact) mass is 303 g/mol. The highest BCUT2D eigenvalue weighted by molar-refractivity contribution is 9.10. The van der Waals surface area contributed by atoms with Crippen LogP contribution in [0.5, 0.6) is 11.5 Å². The van der Waals surface area contributed by atoms with Crippen molar-refractivity contribution in [3.8, 4) is 11.5 Å². The lowest BCUT2D eigenvalue weighted by molar-refractivity contribution is 0.165. The summed E-state index contributed by atoms with van der Waals surface area (Å²) in [5.41, 5.74) is -0.889. The average molecular weight is 304 g/mol. The van der Waals surface area contributed by atoms with Crippen LogP contribution in [0.1, 0.15) is 12.5 Å². The number of likely N-dealkylation sites (N-methyl/N-ethyl adjacent to an activating group) is 1. The van der Waals surface area contributed by atoms with Crippen LogP contribution in [-0.4, -0.2) is 26.8 Å². The second kappa shape index (κ2) is 4.82. The zero-order valence-corrected chi connectivity index (χ0v) is 11.4. The Morgan fingerprint density at radius 3 is 2.53 bits per heavy atom. The van der Waals surface area contributed by atoms with E-state index in [1.807, 2.05) is 0 Å². The molecule has 1 unspecified atom stereocenters. The highest BCUT2D eigenvalue weighted by Crippen LogP contribution is 2.40. The smallest absolute Gasteiger partial charge is 0.162 e. The highest BCUT2D eigenvalue weighted by Gasteiger charge is 2.29. The van der Waals surface area contributed by atoms with E-state index in [-0.39, 0.29) is 6.54 Å². The molecule has 1 heterocycles. The van der Waals surface area contributed by atoms with Gasteiger partial charge in [-0.1, -0.05) is 15.9 Å². The summed E-state index contributed by atoms with van der Waals surface area (Å²) in [4.78, 5) is 0. The Kier molecular flexibility index (Phi) is 3.58. The van der Waals surface area contributed by atoms with Crippen LogP contribution in [0.2, 0.25) is 0 Å². The van der Waals surface area contributed by atoms with E-state index in [0.29, 0.717) is 34.7 Å². The fourth-order valence-corrected chi connectivity index (χ4v) is 2.63. The second-order valence-electron chi connectivity index (χ2n) is 4.20. The summed E-state index contributed by atoms with van der Waals surface area (Å²) in [6.07, 6.45) is 0. The number of hydrogen-bond acceptors (Lipinski definition) is 3. The quantitative estimate of drug-likeness (QED) is 0.931. The zero-order chi connectivity index (χ0) is 12.5. The molecule has 0 saturated heterocycles. The normalized spacial score (nSPS) is 17.6. The summed E-state index contributed by atoms with van der Waals surface area (Å²) < 4.78 is 26.1. The van der Waals surface area contributed by atoms with Gasteiger partial charge in [0.2, 0.25) is 0 Å². The van der Waals surface area contributed by atoms with Gasteiger partial charge in [-0.15, -0.1) is 0 Å². The van der Waals surface area contributed by atoms with E-state index in [2.05, 4.69) is 21.2 Å². The average Bonchev–Trinajstić information content (AvgIpc) is 2.27. The maximum atomic E-state index is 14.5. The summed E-state index contributed by atoms with van der Waals surface area (Å²) in [6, 6.07) is 3.47. The van der Waals surface area contributed by atoms with Crippen LogP contribution in [-0.2, 0) is 5.67 Å². The third kappa shape index (κ3) is 2.55. The molecule has 0 radical (unpaired) electrons. The molecule has 17 heavy (non-hydrogen) atoms. The first-order valence-electron chi connectivity index (χ1n) is 5.48. The number of ether oxygens (including phenoxy) is 2. The van der Waals surface area contributed by atoms with Gasteiger partial charge in [0, 0.05) is 16.6 Å². The fraction of sp³-hybridized carbons (Fsp3) is 0.500. The lowest BCUT2D eigenvalue weighted by Crippen LogP contribution is -2.30. The Morgan fingerprint density at radius 1 is 1.35 bits per heavy atom. The van der Waals surface area contributed by atoms with Crippen molar-refractivity contribution in [3.63, 3.8) is 0 Å². The van der Waals surface area contributed by atoms with Crippen LogP contribution >= 0.6 is 15.9 Å². The van der Waals surface area contributed by atoms with E-state index in [1.165, 1.54) is 0 Å². The van der Waals surface area contributed by atoms with Crippen molar-refractivity contribution in [2.75, 3.05) is 26.8 Å². The number of hydrogen-bond donors (Lipinski definition) is 1. The molecule has 0 bridgehead atoms. The Hall–Kier alpha value is -0.810. The van der Waals surface area contributed by atoms with E-state index in [9.17, 15) is 4.39 Å². The first kappa shape index (κ1) is 12.6. The van der Waals surface area contributed by atoms with Crippen molar-refractivity contribution < 1.29 is 13.9 Å². The molecule has 0 spiro atoms. The van der Waals surface area contributed by atoms with Gasteiger partial charge in [-0.2, -0.15) is 0 Å². The minimum Gasteiger partial charge on any atom is -0.486 e. The van der Waals surface area contributed by atoms with Crippen molar-refractivity contribution in [1.82, 2.24) is 5.32 Å². The summed E-state index contributed by atoms with van der Waals surface area (Å²) in [5, 5.41) is 2.85. The maximum Gasteiger partial charge on any atom is 0.162 e. The first-order chi connectivity index (χ1) is 8.04. The van der Waals surface area contributed by atoms with Gasteiger partial charge in [-0.3, -0.25) is 0 Å². The minimum atomic E-state index is -1.45. The standard InChI is InChI=1S/C12H15BrFNO2/c1-12(14,7-15-2)8-5-10-11(6-9(8)13)17-4-3-16-10/h5-6,15H,3-4,7H2,1-2H3. The van der Waals surface area contributed by atoms with Crippen LogP contribution in [0.25, 0.3) is 0 Å². The van der Waals surface area contributed by atoms with Crippen LogP contribution in [0.4, 0.5) is 4.39 Å². The van der Waals surface area contributed by atoms with Gasteiger partial charge in [0.05, 0.1) is 0 Å². The maximum absolute atomic E-state index is 14.5. The van der Waals surface area contributed by atoms with Crippen LogP contribution < -0.4 is 14.8 Å². The molecule has 5 heteroatoms. The Morgan fingerprint density at radius 2 is 1.94 bits per heavy atom. The molecule has 0 aromatic heterocycles. The predicted molar refractivity (Wildman–Crippen MR) is 67.5 cm³/mol. The third-order valence-electron chi connectivity index (χ3n) is 2.70. The van der Waals surface area contributed by atoms with Gasteiger partial charge in [0.1, 0.15) is 18.9 Å². The lowest BCUT2D eigenvalue weighted by Gasteiger charge is -2.25. The number of alkyl halides is 1. The van der Waals surface area contributed by atoms with Crippen LogP contribution in [0, 0.1) is 0 Å². The Labute approximate surface area is 108 Å². The summed E-state index contributed by atoms with van der Waals surface area (Å²) in [5.74, 6) is 1.27. The van der Waals surface area contributed by atoms with E-state index in [4.69, 9.17) is 9.47 Å². The highest BCUT2D eigenvalue weighted by atomic mass is 79.9.